The van der Waals surface area contributed by atoms with Crippen molar-refractivity contribution in [1.29, 1.82) is 0 Å². The topological polar surface area (TPSA) is 136 Å². The Kier molecular flexibility index (Phi) is 9.38. The van der Waals surface area contributed by atoms with Crippen LogP contribution in [0.15, 0.2) is 103 Å². The van der Waals surface area contributed by atoms with Gasteiger partial charge in [0.15, 0.2) is 0 Å². The number of benzene rings is 5. The van der Waals surface area contributed by atoms with Crippen LogP contribution in [0.4, 0.5) is 4.79 Å². The van der Waals surface area contributed by atoms with E-state index in [2.05, 4.69) is 82.0 Å². The second-order valence-corrected chi connectivity index (χ2v) is 16.4. The molecule has 0 spiro atoms. The lowest BCUT2D eigenvalue weighted by Crippen LogP contribution is -2.47. The molecule has 11 nitrogen and oxygen atoms in total. The molecule has 4 heterocycles. The number of alkyl carbamates (subject to hydrolysis) is 1. The van der Waals surface area contributed by atoms with Gasteiger partial charge in [-0.05, 0) is 102 Å². The maximum absolute atomic E-state index is 14.4. The summed E-state index contributed by atoms with van der Waals surface area (Å²) in [5.41, 5.74) is 6.78. The van der Waals surface area contributed by atoms with Gasteiger partial charge in [-0.3, -0.25) is 9.59 Å². The van der Waals surface area contributed by atoms with Gasteiger partial charge in [0.25, 0.3) is 5.91 Å². The minimum Gasteiger partial charge on any atom is -0.453 e. The zero-order valence-electron chi connectivity index (χ0n) is 33.3. The summed E-state index contributed by atoms with van der Waals surface area (Å²) in [6.07, 6.45) is 7.48. The molecule has 1 aliphatic carbocycles. The van der Waals surface area contributed by atoms with Crippen LogP contribution in [0.1, 0.15) is 87.2 Å². The molecule has 0 unspecified atom stereocenters. The van der Waals surface area contributed by atoms with Gasteiger partial charge in [-0.2, -0.15) is 0 Å². The lowest BCUT2D eigenvalue weighted by Gasteiger charge is -2.36. The molecule has 2 bridgehead atoms. The third kappa shape index (κ3) is 6.58. The Morgan fingerprint density at radius 2 is 1.59 bits per heavy atom. The zero-order chi connectivity index (χ0) is 40.2. The summed E-state index contributed by atoms with van der Waals surface area (Å²) in [6.45, 7) is 2.84. The number of H-pyrrole nitrogens is 2. The second kappa shape index (κ2) is 15.0. The highest BCUT2D eigenvalue weighted by atomic mass is 16.5. The highest BCUT2D eigenvalue weighted by Gasteiger charge is 2.51. The SMILES string of the molecule is CCCC(=O)N1CCC[C@H]1c1ncc(-c2ccc3cc(-c4ccc5c(ccc6[nH]c([C@@H]7[C@H]8CC[C@H](C8)N7C(=O)[C@H](NC(=O)OC)c7ccccc7)nc65)c4)ccc3c2)[nH]1. The number of aromatic nitrogens is 4. The number of ether oxygens (including phenoxy) is 1. The van der Waals surface area contributed by atoms with Gasteiger partial charge in [0.1, 0.15) is 17.7 Å². The molecule has 5 aromatic carbocycles. The lowest BCUT2D eigenvalue weighted by molar-refractivity contribution is -0.138. The van der Waals surface area contributed by atoms with Gasteiger partial charge in [0.2, 0.25) is 5.91 Å². The molecule has 0 radical (unpaired) electrons. The number of hydrogen-bond acceptors (Lipinski definition) is 6. The van der Waals surface area contributed by atoms with Gasteiger partial charge in [-0.1, -0.05) is 79.7 Å². The molecule has 7 aromatic rings. The molecule has 2 aliphatic heterocycles. The summed E-state index contributed by atoms with van der Waals surface area (Å²) in [5, 5.41) is 7.21. The van der Waals surface area contributed by atoms with Gasteiger partial charge in [-0.15, -0.1) is 0 Å². The van der Waals surface area contributed by atoms with Crippen molar-refractivity contribution in [3.63, 3.8) is 0 Å². The van der Waals surface area contributed by atoms with Crippen molar-refractivity contribution >= 4 is 50.5 Å². The standard InChI is InChI=1S/C48H47N7O4/c1-3-8-41(56)54-22-7-11-40(54)45-49-27-39(51-45)34-15-14-30-23-29(12-13-31(30)25-34)32-17-20-37-33(24-32)18-21-38-43(37)52-46(50-38)44-35-16-19-36(26-35)55(44)47(57)42(53-48(58)59-2)28-9-5-4-6-10-28/h4-6,9-10,12-15,17-18,20-21,23-25,27,35-36,40,42,44H,3,7-8,11,16,19,22,26H2,1-2H3,(H,49,51)(H,50,52)(H,53,58)/t35-,36+,40-,42+,44-/m0/s1. The van der Waals surface area contributed by atoms with Crippen LogP contribution in [-0.2, 0) is 14.3 Å². The maximum Gasteiger partial charge on any atom is 0.407 e. The summed E-state index contributed by atoms with van der Waals surface area (Å²) in [6, 6.07) is 32.2. The van der Waals surface area contributed by atoms with E-state index in [1.807, 2.05) is 53.3 Å². The molecule has 298 valence electrons. The average molecular weight is 786 g/mol. The Balaban J connectivity index is 0.910. The largest absolute Gasteiger partial charge is 0.453 e. The van der Waals surface area contributed by atoms with Crippen molar-refractivity contribution in [2.45, 2.75) is 76.0 Å². The van der Waals surface area contributed by atoms with Crippen molar-refractivity contribution < 1.29 is 19.1 Å². The van der Waals surface area contributed by atoms with Crippen molar-refractivity contribution in [3.8, 4) is 22.4 Å². The number of hydrogen-bond donors (Lipinski definition) is 3. The molecular formula is C48H47N7O4. The molecule has 2 aromatic heterocycles. The Bertz CT molecular complexity index is 2740. The molecule has 5 atom stereocenters. The first-order valence-electron chi connectivity index (χ1n) is 20.9. The highest BCUT2D eigenvalue weighted by molar-refractivity contribution is 6.06. The number of likely N-dealkylation sites (tertiary alicyclic amines) is 2. The zero-order valence-corrected chi connectivity index (χ0v) is 33.3. The lowest BCUT2D eigenvalue weighted by atomic mass is 9.96. The number of aromatic amines is 2. The van der Waals surface area contributed by atoms with E-state index in [9.17, 15) is 14.4 Å². The van der Waals surface area contributed by atoms with Gasteiger partial charge in [0.05, 0.1) is 42.1 Å². The van der Waals surface area contributed by atoms with E-state index in [0.29, 0.717) is 12.0 Å². The number of imidazole rings is 2. The minimum absolute atomic E-state index is 0.0128. The van der Waals surface area contributed by atoms with Crippen molar-refractivity contribution in [3.05, 3.63) is 120 Å². The first-order valence-corrected chi connectivity index (χ1v) is 20.9. The third-order valence-electron chi connectivity index (χ3n) is 12.9. The fourth-order valence-corrected chi connectivity index (χ4v) is 10.0. The van der Waals surface area contributed by atoms with E-state index in [-0.39, 0.29) is 35.9 Å². The van der Waals surface area contributed by atoms with Crippen LogP contribution in [-0.4, -0.2) is 67.3 Å². The average Bonchev–Trinajstić information content (AvgIpc) is 4.13. The van der Waals surface area contributed by atoms with E-state index in [1.54, 1.807) is 0 Å². The van der Waals surface area contributed by atoms with Crippen LogP contribution in [0, 0.1) is 5.92 Å². The summed E-state index contributed by atoms with van der Waals surface area (Å²) in [4.78, 5) is 60.6. The molecule has 3 aliphatic rings. The first kappa shape index (κ1) is 36.8. The number of rotatable bonds is 9. The number of carbonyl (C=O) groups excluding carboxylic acids is 3. The predicted molar refractivity (Wildman–Crippen MR) is 228 cm³/mol. The maximum atomic E-state index is 14.4. The number of piperidine rings is 1. The molecule has 3 fully saturated rings. The van der Waals surface area contributed by atoms with Crippen LogP contribution in [0.2, 0.25) is 0 Å². The van der Waals surface area contributed by atoms with Gasteiger partial charge in [-0.25, -0.2) is 14.8 Å². The number of fused-ring (bicyclic) bond motifs is 6. The monoisotopic (exact) mass is 785 g/mol. The summed E-state index contributed by atoms with van der Waals surface area (Å²) in [5.74, 6) is 1.99. The third-order valence-corrected chi connectivity index (χ3v) is 12.9. The van der Waals surface area contributed by atoms with Gasteiger partial charge in [0, 0.05) is 30.0 Å². The Hall–Kier alpha value is -6.49. The Labute approximate surface area is 342 Å². The van der Waals surface area contributed by atoms with Gasteiger partial charge < -0.3 is 29.8 Å². The molecule has 10 rings (SSSR count). The second-order valence-electron chi connectivity index (χ2n) is 16.4. The number of nitrogens with zero attached hydrogens (tertiary/aromatic N) is 4. The number of methoxy groups -OCH3 is 1. The molecule has 59 heavy (non-hydrogen) atoms. The smallest absolute Gasteiger partial charge is 0.407 e. The molecule has 3 N–H and O–H groups in total. The molecular weight excluding hydrogens is 739 g/mol. The normalized spacial score (nSPS) is 20.5. The van der Waals surface area contributed by atoms with Crippen LogP contribution in [0.5, 0.6) is 0 Å². The van der Waals surface area contributed by atoms with Crippen LogP contribution >= 0.6 is 0 Å². The van der Waals surface area contributed by atoms with Crippen LogP contribution in [0.25, 0.3) is 55.0 Å². The fraction of sp³-hybridized carbons (Fsp3) is 0.312. The summed E-state index contributed by atoms with van der Waals surface area (Å²) in [7, 11) is 1.31. The minimum atomic E-state index is -0.868. The molecule has 11 heteroatoms. The number of carbonyl (C=O) groups is 3. The van der Waals surface area contributed by atoms with E-state index in [4.69, 9.17) is 14.7 Å². The number of nitrogens with one attached hydrogen (secondary N) is 3. The quantitative estimate of drug-likeness (QED) is 0.133. The van der Waals surface area contributed by atoms with Crippen LogP contribution < -0.4 is 5.32 Å². The van der Waals surface area contributed by atoms with Crippen LogP contribution in [0.3, 0.4) is 0 Å². The van der Waals surface area contributed by atoms with Gasteiger partial charge >= 0.3 is 6.09 Å². The summed E-state index contributed by atoms with van der Waals surface area (Å²) >= 11 is 0. The molecule has 1 saturated carbocycles. The highest BCUT2D eigenvalue weighted by Crippen LogP contribution is 2.51. The van der Waals surface area contributed by atoms with E-state index in [0.717, 1.165) is 112 Å². The Morgan fingerprint density at radius 3 is 2.39 bits per heavy atom. The predicted octanol–water partition coefficient (Wildman–Crippen LogP) is 9.54. The van der Waals surface area contributed by atoms with Crippen molar-refractivity contribution in [1.82, 2.24) is 35.1 Å². The molecule has 2 saturated heterocycles. The molecule has 3 amide bonds. The van der Waals surface area contributed by atoms with E-state index in [1.165, 1.54) is 7.11 Å². The Morgan fingerprint density at radius 1 is 0.847 bits per heavy atom. The van der Waals surface area contributed by atoms with Crippen molar-refractivity contribution in [2.24, 2.45) is 5.92 Å². The number of amides is 3. The van der Waals surface area contributed by atoms with Crippen molar-refractivity contribution in [2.75, 3.05) is 13.7 Å². The van der Waals surface area contributed by atoms with E-state index >= 15 is 0 Å². The summed E-state index contributed by atoms with van der Waals surface area (Å²) < 4.78 is 4.92. The fourth-order valence-electron chi connectivity index (χ4n) is 10.0. The first-order chi connectivity index (χ1) is 28.9. The van der Waals surface area contributed by atoms with E-state index < -0.39 is 12.1 Å².